The Bertz CT molecular complexity index is 1090. The van der Waals surface area contributed by atoms with Crippen LogP contribution in [0.15, 0.2) is 58.4 Å². The first-order valence-corrected chi connectivity index (χ1v) is 10.4. The van der Waals surface area contributed by atoms with Gasteiger partial charge < -0.3 is 9.15 Å². The molecule has 0 aliphatic carbocycles. The Hall–Kier alpha value is -3.04. The van der Waals surface area contributed by atoms with E-state index in [9.17, 15) is 0 Å². The van der Waals surface area contributed by atoms with Crippen LogP contribution in [-0.2, 0) is 11.3 Å². The molecular weight excluding hydrogens is 400 g/mol. The minimum atomic E-state index is -0.0903. The highest BCUT2D eigenvalue weighted by atomic mass is 32.2. The number of rotatable bonds is 8. The van der Waals surface area contributed by atoms with E-state index < -0.39 is 0 Å². The number of pyridine rings is 1. The second kappa shape index (κ2) is 9.19. The lowest BCUT2D eigenvalue weighted by Gasteiger charge is -2.11. The van der Waals surface area contributed by atoms with Crippen molar-refractivity contribution in [3.8, 4) is 22.8 Å². The van der Waals surface area contributed by atoms with Gasteiger partial charge in [0.25, 0.3) is 0 Å². The average Bonchev–Trinajstić information content (AvgIpc) is 3.41. The zero-order valence-electron chi connectivity index (χ0n) is 17.0. The van der Waals surface area contributed by atoms with Crippen molar-refractivity contribution in [3.63, 3.8) is 0 Å². The topological polar surface area (TPSA) is 91.8 Å². The van der Waals surface area contributed by atoms with Crippen molar-refractivity contribution in [2.24, 2.45) is 0 Å². The second-order valence-electron chi connectivity index (χ2n) is 6.76. The van der Waals surface area contributed by atoms with E-state index in [0.717, 1.165) is 22.1 Å². The molecule has 0 aliphatic rings. The number of hydrogen-bond donors (Lipinski definition) is 0. The minimum absolute atomic E-state index is 0.0903. The number of hydrogen-bond acceptors (Lipinski definition) is 8. The number of benzene rings is 1. The Balaban J connectivity index is 1.56. The van der Waals surface area contributed by atoms with E-state index in [2.05, 4.69) is 25.4 Å². The van der Waals surface area contributed by atoms with E-state index in [1.54, 1.807) is 19.5 Å². The van der Waals surface area contributed by atoms with E-state index in [1.165, 1.54) is 17.3 Å². The van der Waals surface area contributed by atoms with Crippen molar-refractivity contribution >= 4 is 11.8 Å². The zero-order valence-corrected chi connectivity index (χ0v) is 17.8. The van der Waals surface area contributed by atoms with Crippen molar-refractivity contribution in [2.75, 3.05) is 13.7 Å². The average molecular weight is 423 g/mol. The number of methoxy groups -OCH3 is 1. The predicted molar refractivity (Wildman–Crippen MR) is 114 cm³/mol. The van der Waals surface area contributed by atoms with Crippen molar-refractivity contribution in [1.82, 2.24) is 29.9 Å². The normalized spacial score (nSPS) is 12.2. The van der Waals surface area contributed by atoms with Crippen LogP contribution in [0.1, 0.15) is 23.6 Å². The zero-order chi connectivity index (χ0) is 20.9. The third-order valence-corrected chi connectivity index (χ3v) is 5.61. The molecule has 1 unspecified atom stereocenters. The maximum absolute atomic E-state index is 5.92. The summed E-state index contributed by atoms with van der Waals surface area (Å²) in [5, 5.41) is 17.9. The van der Waals surface area contributed by atoms with Crippen LogP contribution in [0.2, 0.25) is 0 Å². The molecule has 1 aromatic carbocycles. The Morgan fingerprint density at radius 3 is 2.50 bits per heavy atom. The van der Waals surface area contributed by atoms with Crippen molar-refractivity contribution < 1.29 is 9.15 Å². The van der Waals surface area contributed by atoms with Gasteiger partial charge in [-0.15, -0.1) is 20.4 Å². The number of thioether (sulfide) groups is 1. The number of ether oxygens (including phenoxy) is 1. The fourth-order valence-electron chi connectivity index (χ4n) is 2.89. The Labute approximate surface area is 178 Å². The van der Waals surface area contributed by atoms with Crippen LogP contribution >= 0.6 is 11.8 Å². The first kappa shape index (κ1) is 20.2. The fraction of sp³-hybridized carbons (Fsp3) is 0.286. The molecular formula is C21H22N6O2S. The van der Waals surface area contributed by atoms with Gasteiger partial charge in [0.05, 0.1) is 18.4 Å². The van der Waals surface area contributed by atoms with Gasteiger partial charge in [-0.05, 0) is 38.1 Å². The maximum Gasteiger partial charge on any atom is 0.247 e. The molecule has 9 heteroatoms. The molecule has 0 amide bonds. The van der Waals surface area contributed by atoms with Crippen LogP contribution in [0.3, 0.4) is 0 Å². The molecule has 0 bridgehead atoms. The van der Waals surface area contributed by atoms with E-state index in [0.29, 0.717) is 24.9 Å². The molecule has 1 atom stereocenters. The molecule has 0 saturated heterocycles. The van der Waals surface area contributed by atoms with E-state index in [4.69, 9.17) is 9.15 Å². The first-order valence-electron chi connectivity index (χ1n) is 9.55. The molecule has 3 heterocycles. The molecule has 154 valence electrons. The summed E-state index contributed by atoms with van der Waals surface area (Å²) in [5.41, 5.74) is 3.04. The summed E-state index contributed by atoms with van der Waals surface area (Å²) in [4.78, 5) is 4.07. The van der Waals surface area contributed by atoms with Crippen LogP contribution in [-0.4, -0.2) is 43.7 Å². The van der Waals surface area contributed by atoms with Crippen molar-refractivity contribution in [3.05, 3.63) is 60.2 Å². The molecule has 0 saturated carbocycles. The highest BCUT2D eigenvalue weighted by Gasteiger charge is 2.21. The molecule has 8 nitrogen and oxygen atoms in total. The minimum Gasteiger partial charge on any atom is -0.419 e. The number of nitrogens with zero attached hydrogens (tertiary/aromatic N) is 6. The lowest BCUT2D eigenvalue weighted by atomic mass is 10.1. The van der Waals surface area contributed by atoms with Gasteiger partial charge in [-0.2, -0.15) is 0 Å². The summed E-state index contributed by atoms with van der Waals surface area (Å²) >= 11 is 1.52. The second-order valence-corrected chi connectivity index (χ2v) is 8.07. The number of aryl methyl sites for hydroxylation is 1. The van der Waals surface area contributed by atoms with Crippen molar-refractivity contribution in [1.29, 1.82) is 0 Å². The summed E-state index contributed by atoms with van der Waals surface area (Å²) in [6, 6.07) is 11.8. The molecule has 30 heavy (non-hydrogen) atoms. The van der Waals surface area contributed by atoms with Crippen LogP contribution < -0.4 is 0 Å². The monoisotopic (exact) mass is 422 g/mol. The smallest absolute Gasteiger partial charge is 0.247 e. The molecule has 4 aromatic rings. The molecule has 4 rings (SSSR count). The molecule has 0 N–H and O–H groups in total. The van der Waals surface area contributed by atoms with E-state index >= 15 is 0 Å². The lowest BCUT2D eigenvalue weighted by Crippen LogP contribution is -2.08. The lowest BCUT2D eigenvalue weighted by molar-refractivity contribution is 0.185. The number of aromatic nitrogens is 6. The van der Waals surface area contributed by atoms with Crippen LogP contribution in [0, 0.1) is 6.92 Å². The molecule has 0 radical (unpaired) electrons. The Morgan fingerprint density at radius 1 is 1.00 bits per heavy atom. The molecule has 0 spiro atoms. The predicted octanol–water partition coefficient (Wildman–Crippen LogP) is 4.20. The van der Waals surface area contributed by atoms with Gasteiger partial charge in [0, 0.05) is 30.6 Å². The largest absolute Gasteiger partial charge is 0.419 e. The highest BCUT2D eigenvalue weighted by Crippen LogP contribution is 2.35. The van der Waals surface area contributed by atoms with Gasteiger partial charge >= 0.3 is 0 Å². The molecule has 0 fully saturated rings. The standard InChI is InChI=1S/C21H22N6O2S/c1-14-4-6-17(7-5-14)20-25-24-19(29-20)15(2)30-21-26-23-18(27(21)12-13-28-3)16-8-10-22-11-9-16/h4-11,15H,12-13H2,1-3H3. The van der Waals surface area contributed by atoms with Gasteiger partial charge in [0.15, 0.2) is 11.0 Å². The molecule has 3 aromatic heterocycles. The summed E-state index contributed by atoms with van der Waals surface area (Å²) in [7, 11) is 1.68. The van der Waals surface area contributed by atoms with Gasteiger partial charge in [-0.1, -0.05) is 29.5 Å². The molecule has 0 aliphatic heterocycles. The first-order chi connectivity index (χ1) is 14.7. The Kier molecular flexibility index (Phi) is 6.20. The fourth-order valence-corrected chi connectivity index (χ4v) is 3.80. The van der Waals surface area contributed by atoms with Crippen LogP contribution in [0.25, 0.3) is 22.8 Å². The summed E-state index contributed by atoms with van der Waals surface area (Å²) in [5.74, 6) is 1.83. The van der Waals surface area contributed by atoms with E-state index in [-0.39, 0.29) is 5.25 Å². The van der Waals surface area contributed by atoms with Crippen LogP contribution in [0.4, 0.5) is 0 Å². The van der Waals surface area contributed by atoms with Crippen molar-refractivity contribution in [2.45, 2.75) is 30.8 Å². The summed E-state index contributed by atoms with van der Waals surface area (Å²) in [6.07, 6.45) is 3.48. The SMILES string of the molecule is COCCn1c(SC(C)c2nnc(-c3ccc(C)cc3)o2)nnc1-c1ccncc1. The van der Waals surface area contributed by atoms with Gasteiger partial charge in [0.1, 0.15) is 0 Å². The third-order valence-electron chi connectivity index (χ3n) is 4.54. The Morgan fingerprint density at radius 2 is 1.77 bits per heavy atom. The summed E-state index contributed by atoms with van der Waals surface area (Å²) < 4.78 is 13.2. The van der Waals surface area contributed by atoms with Crippen LogP contribution in [0.5, 0.6) is 0 Å². The maximum atomic E-state index is 5.92. The summed E-state index contributed by atoms with van der Waals surface area (Å²) in [6.45, 7) is 5.24. The highest BCUT2D eigenvalue weighted by molar-refractivity contribution is 7.99. The third kappa shape index (κ3) is 4.42. The van der Waals surface area contributed by atoms with E-state index in [1.807, 2.05) is 54.8 Å². The quantitative estimate of drug-likeness (QED) is 0.390. The van der Waals surface area contributed by atoms with Gasteiger partial charge in [0.2, 0.25) is 11.8 Å². The van der Waals surface area contributed by atoms with Gasteiger partial charge in [-0.3, -0.25) is 9.55 Å². The van der Waals surface area contributed by atoms with Gasteiger partial charge in [-0.25, -0.2) is 0 Å².